The Hall–Kier alpha value is -1.85. The van der Waals surface area contributed by atoms with E-state index in [-0.39, 0.29) is 11.2 Å². The van der Waals surface area contributed by atoms with Gasteiger partial charge in [-0.05, 0) is 23.1 Å². The summed E-state index contributed by atoms with van der Waals surface area (Å²) in [7, 11) is 1.91. The minimum Gasteiger partial charge on any atom is -0.305 e. The second-order valence-electron chi connectivity index (χ2n) is 7.18. The number of hydrogen-bond donors (Lipinski definition) is 0. The molecule has 0 unspecified atom stereocenters. The Morgan fingerprint density at radius 3 is 2.38 bits per heavy atom. The molecule has 0 saturated heterocycles. The number of rotatable bonds is 4. The van der Waals surface area contributed by atoms with E-state index in [9.17, 15) is 4.39 Å². The molecule has 0 N–H and O–H groups in total. The molecule has 26 heavy (non-hydrogen) atoms. The molecule has 0 aliphatic rings. The first-order chi connectivity index (χ1) is 12.3. The average Bonchev–Trinajstić information content (AvgIpc) is 2.95. The number of thioether (sulfide) groups is 1. The van der Waals surface area contributed by atoms with Crippen LogP contribution in [0.25, 0.3) is 11.4 Å². The summed E-state index contributed by atoms with van der Waals surface area (Å²) in [5, 5.41) is 9.70. The van der Waals surface area contributed by atoms with Crippen LogP contribution in [0.1, 0.15) is 31.9 Å². The summed E-state index contributed by atoms with van der Waals surface area (Å²) in [6, 6.07) is 13.1. The second kappa shape index (κ2) is 7.41. The van der Waals surface area contributed by atoms with E-state index in [1.54, 1.807) is 12.1 Å². The predicted octanol–water partition coefficient (Wildman–Crippen LogP) is 5.86. The molecular weight excluding hydrogens is 369 g/mol. The van der Waals surface area contributed by atoms with Gasteiger partial charge in [-0.25, -0.2) is 4.39 Å². The molecule has 0 amide bonds. The molecule has 136 valence electrons. The van der Waals surface area contributed by atoms with Crippen molar-refractivity contribution in [2.75, 3.05) is 0 Å². The van der Waals surface area contributed by atoms with E-state index < -0.39 is 0 Å². The molecule has 0 aliphatic heterocycles. The quantitative estimate of drug-likeness (QED) is 0.523. The van der Waals surface area contributed by atoms with Gasteiger partial charge in [-0.1, -0.05) is 74.5 Å². The van der Waals surface area contributed by atoms with Crippen molar-refractivity contribution in [3.63, 3.8) is 0 Å². The van der Waals surface area contributed by atoms with E-state index in [0.29, 0.717) is 16.3 Å². The third-order valence-corrected chi connectivity index (χ3v) is 5.65. The molecule has 6 heteroatoms. The zero-order valence-electron chi connectivity index (χ0n) is 15.3. The molecule has 3 rings (SSSR count). The largest absolute Gasteiger partial charge is 0.305 e. The monoisotopic (exact) mass is 389 g/mol. The normalized spacial score (nSPS) is 11.8. The highest BCUT2D eigenvalue weighted by molar-refractivity contribution is 7.98. The molecule has 0 spiro atoms. The maximum Gasteiger partial charge on any atom is 0.191 e. The third-order valence-electron chi connectivity index (χ3n) is 4.25. The molecule has 0 atom stereocenters. The van der Waals surface area contributed by atoms with E-state index in [2.05, 4.69) is 55.2 Å². The van der Waals surface area contributed by atoms with Gasteiger partial charge in [0.05, 0.1) is 0 Å². The lowest BCUT2D eigenvalue weighted by molar-refractivity contribution is 0.590. The molecule has 1 aromatic heterocycles. The molecule has 1 heterocycles. The minimum atomic E-state index is -0.301. The van der Waals surface area contributed by atoms with Crippen LogP contribution in [0, 0.1) is 5.82 Å². The molecule has 0 saturated carbocycles. The van der Waals surface area contributed by atoms with Crippen molar-refractivity contribution in [3.05, 3.63) is 64.4 Å². The Morgan fingerprint density at radius 2 is 1.77 bits per heavy atom. The predicted molar refractivity (Wildman–Crippen MR) is 106 cm³/mol. The van der Waals surface area contributed by atoms with Crippen LogP contribution in [0.2, 0.25) is 5.02 Å². The third kappa shape index (κ3) is 3.94. The van der Waals surface area contributed by atoms with E-state index >= 15 is 0 Å². The van der Waals surface area contributed by atoms with Crippen LogP contribution in [-0.4, -0.2) is 14.8 Å². The maximum absolute atomic E-state index is 13.9. The van der Waals surface area contributed by atoms with Crippen LogP contribution >= 0.6 is 23.4 Å². The van der Waals surface area contributed by atoms with Crippen molar-refractivity contribution in [2.24, 2.45) is 7.05 Å². The van der Waals surface area contributed by atoms with Crippen molar-refractivity contribution in [1.82, 2.24) is 14.8 Å². The number of hydrogen-bond acceptors (Lipinski definition) is 3. The van der Waals surface area contributed by atoms with Gasteiger partial charge in [-0.2, -0.15) is 0 Å². The Bertz CT molecular complexity index is 894. The fraction of sp³-hybridized carbons (Fsp3) is 0.300. The van der Waals surface area contributed by atoms with Gasteiger partial charge >= 0.3 is 0 Å². The summed E-state index contributed by atoms with van der Waals surface area (Å²) in [6.07, 6.45) is 0. The smallest absolute Gasteiger partial charge is 0.191 e. The van der Waals surface area contributed by atoms with Gasteiger partial charge in [0.2, 0.25) is 0 Å². The van der Waals surface area contributed by atoms with Crippen molar-refractivity contribution >= 4 is 23.4 Å². The van der Waals surface area contributed by atoms with E-state index in [4.69, 9.17) is 11.6 Å². The Labute approximate surface area is 162 Å². The van der Waals surface area contributed by atoms with Crippen molar-refractivity contribution in [3.8, 4) is 11.4 Å². The van der Waals surface area contributed by atoms with E-state index in [1.165, 1.54) is 23.4 Å². The highest BCUT2D eigenvalue weighted by Gasteiger charge is 2.16. The standard InChI is InChI=1S/C20H21ClFN3S/c1-20(2,3)14-10-8-13(9-11-14)18-23-24-19(25(18)4)26-12-15-16(21)6-5-7-17(15)22/h5-11H,12H2,1-4H3. The molecule has 2 aromatic carbocycles. The van der Waals surface area contributed by atoms with E-state index in [1.807, 2.05) is 11.6 Å². The Morgan fingerprint density at radius 1 is 1.08 bits per heavy atom. The lowest BCUT2D eigenvalue weighted by Gasteiger charge is -2.19. The molecule has 0 radical (unpaired) electrons. The molecule has 0 aliphatic carbocycles. The minimum absolute atomic E-state index is 0.110. The second-order valence-corrected chi connectivity index (χ2v) is 8.53. The highest BCUT2D eigenvalue weighted by Crippen LogP contribution is 2.30. The van der Waals surface area contributed by atoms with Crippen LogP contribution < -0.4 is 0 Å². The van der Waals surface area contributed by atoms with Crippen LogP contribution in [0.15, 0.2) is 47.6 Å². The summed E-state index contributed by atoms with van der Waals surface area (Å²) in [5.41, 5.74) is 2.87. The van der Waals surface area contributed by atoms with Crippen molar-refractivity contribution < 1.29 is 4.39 Å². The summed E-state index contributed by atoms with van der Waals surface area (Å²) >= 11 is 7.51. The fourth-order valence-electron chi connectivity index (χ4n) is 2.62. The van der Waals surface area contributed by atoms with Gasteiger partial charge in [0.25, 0.3) is 0 Å². The average molecular weight is 390 g/mol. The SMILES string of the molecule is Cn1c(SCc2c(F)cccc2Cl)nnc1-c1ccc(C(C)(C)C)cc1. The fourth-order valence-corrected chi connectivity index (χ4v) is 3.87. The zero-order valence-corrected chi connectivity index (χ0v) is 16.8. The Balaban J connectivity index is 1.80. The molecule has 3 nitrogen and oxygen atoms in total. The molecule has 0 bridgehead atoms. The lowest BCUT2D eigenvalue weighted by Crippen LogP contribution is -2.10. The first-order valence-corrected chi connectivity index (χ1v) is 9.69. The molecular formula is C20H21ClFN3S. The molecule has 0 fully saturated rings. The number of halogens is 2. The molecule has 3 aromatic rings. The van der Waals surface area contributed by atoms with E-state index in [0.717, 1.165) is 16.5 Å². The lowest BCUT2D eigenvalue weighted by atomic mass is 9.87. The zero-order chi connectivity index (χ0) is 18.9. The maximum atomic E-state index is 13.9. The van der Waals surface area contributed by atoms with Gasteiger partial charge < -0.3 is 4.57 Å². The van der Waals surface area contributed by atoms with Gasteiger partial charge in [0, 0.05) is 29.0 Å². The van der Waals surface area contributed by atoms with Gasteiger partial charge in [0.1, 0.15) is 5.82 Å². The first kappa shape index (κ1) is 18.9. The first-order valence-electron chi connectivity index (χ1n) is 8.33. The van der Waals surface area contributed by atoms with Gasteiger partial charge in [0.15, 0.2) is 11.0 Å². The van der Waals surface area contributed by atoms with Gasteiger partial charge in [-0.15, -0.1) is 10.2 Å². The van der Waals surface area contributed by atoms with Crippen molar-refractivity contribution in [2.45, 2.75) is 37.1 Å². The topological polar surface area (TPSA) is 30.7 Å². The van der Waals surface area contributed by atoms with Crippen LogP contribution in [0.4, 0.5) is 4.39 Å². The summed E-state index contributed by atoms with van der Waals surface area (Å²) in [4.78, 5) is 0. The van der Waals surface area contributed by atoms with Crippen LogP contribution in [0.3, 0.4) is 0 Å². The van der Waals surface area contributed by atoms with Crippen LogP contribution in [0.5, 0.6) is 0 Å². The summed E-state index contributed by atoms with van der Waals surface area (Å²) < 4.78 is 15.8. The number of benzene rings is 2. The highest BCUT2D eigenvalue weighted by atomic mass is 35.5. The van der Waals surface area contributed by atoms with Gasteiger partial charge in [-0.3, -0.25) is 0 Å². The summed E-state index contributed by atoms with van der Waals surface area (Å²) in [5.74, 6) is 0.887. The number of nitrogens with zero attached hydrogens (tertiary/aromatic N) is 3. The number of aromatic nitrogens is 3. The van der Waals surface area contributed by atoms with Crippen LogP contribution in [-0.2, 0) is 18.2 Å². The summed E-state index contributed by atoms with van der Waals surface area (Å²) in [6.45, 7) is 6.56. The Kier molecular flexibility index (Phi) is 5.39. The van der Waals surface area contributed by atoms with Crippen molar-refractivity contribution in [1.29, 1.82) is 0 Å².